The van der Waals surface area contributed by atoms with Gasteiger partial charge in [-0.3, -0.25) is 9.59 Å². The molecule has 8 heteroatoms. The highest BCUT2D eigenvalue weighted by molar-refractivity contribution is 7.13. The number of hydrogen-bond donors (Lipinski definition) is 1. The number of cyclic esters (lactones) is 2. The Kier molecular flexibility index (Phi) is 5.58. The molecule has 0 saturated carbocycles. The number of thiazole rings is 1. The van der Waals surface area contributed by atoms with Crippen LogP contribution in [-0.2, 0) is 29.4 Å². The lowest BCUT2D eigenvalue weighted by molar-refractivity contribution is -0.160. The van der Waals surface area contributed by atoms with Crippen LogP contribution in [0.2, 0.25) is 0 Å². The first-order chi connectivity index (χ1) is 12.8. The van der Waals surface area contributed by atoms with Gasteiger partial charge in [0.1, 0.15) is 6.10 Å². The second-order valence-corrected chi connectivity index (χ2v) is 8.61. The number of aromatic nitrogens is 1. The Morgan fingerprint density at radius 1 is 1.48 bits per heavy atom. The average Bonchev–Trinajstić information content (AvgIpc) is 3.25. The number of carbonyl (C=O) groups excluding carboxylic acids is 2. The number of nitrogens with zero attached hydrogens (tertiary/aromatic N) is 1. The molecule has 1 aromatic rings. The normalized spacial score (nSPS) is 30.0. The first-order valence-corrected chi connectivity index (χ1v) is 10.00. The Morgan fingerprint density at radius 2 is 2.26 bits per heavy atom. The van der Waals surface area contributed by atoms with E-state index in [-0.39, 0.29) is 12.8 Å². The van der Waals surface area contributed by atoms with Gasteiger partial charge in [0.15, 0.2) is 16.1 Å². The minimum atomic E-state index is -1.26. The monoisotopic (exact) mass is 394 g/mol. The fraction of sp³-hybridized carbons (Fsp3) is 0.632. The number of rotatable bonds is 8. The second kappa shape index (κ2) is 7.59. The van der Waals surface area contributed by atoms with Crippen molar-refractivity contribution in [3.63, 3.8) is 0 Å². The van der Waals surface area contributed by atoms with Crippen molar-refractivity contribution < 1.29 is 23.8 Å². The molecule has 0 bridgehead atoms. The lowest BCUT2D eigenvalue weighted by atomic mass is 9.78. The molecule has 1 spiro atoms. The van der Waals surface area contributed by atoms with E-state index in [0.717, 1.165) is 5.13 Å². The van der Waals surface area contributed by atoms with E-state index in [1.165, 1.54) is 11.3 Å². The predicted octanol–water partition coefficient (Wildman–Crippen LogP) is 2.88. The molecule has 148 valence electrons. The van der Waals surface area contributed by atoms with Crippen LogP contribution in [0.1, 0.15) is 39.3 Å². The Morgan fingerprint density at radius 3 is 2.96 bits per heavy atom. The second-order valence-electron chi connectivity index (χ2n) is 7.75. The van der Waals surface area contributed by atoms with E-state index in [9.17, 15) is 9.59 Å². The third-order valence-corrected chi connectivity index (χ3v) is 5.59. The topological polar surface area (TPSA) is 86.8 Å². The summed E-state index contributed by atoms with van der Waals surface area (Å²) in [6, 6.07) is 0. The summed E-state index contributed by atoms with van der Waals surface area (Å²) in [7, 11) is 0. The lowest BCUT2D eigenvalue weighted by Crippen LogP contribution is -2.32. The Labute approximate surface area is 163 Å². The molecule has 0 aromatic carbocycles. The summed E-state index contributed by atoms with van der Waals surface area (Å²) >= 11 is 1.42. The minimum absolute atomic E-state index is 0.225. The van der Waals surface area contributed by atoms with Gasteiger partial charge in [-0.2, -0.15) is 0 Å². The van der Waals surface area contributed by atoms with E-state index in [1.54, 1.807) is 13.0 Å². The van der Waals surface area contributed by atoms with Gasteiger partial charge in [-0.1, -0.05) is 19.9 Å². The Balaban J connectivity index is 1.71. The number of esters is 2. The van der Waals surface area contributed by atoms with Crippen LogP contribution < -0.4 is 5.32 Å². The van der Waals surface area contributed by atoms with E-state index in [2.05, 4.69) is 16.9 Å². The molecule has 2 fully saturated rings. The molecule has 3 rings (SSSR count). The van der Waals surface area contributed by atoms with Crippen molar-refractivity contribution in [3.8, 4) is 0 Å². The highest BCUT2D eigenvalue weighted by Crippen LogP contribution is 2.52. The Bertz CT molecular complexity index is 733. The van der Waals surface area contributed by atoms with Crippen LogP contribution in [-0.4, -0.2) is 42.8 Å². The van der Waals surface area contributed by atoms with Crippen LogP contribution in [0.4, 0.5) is 5.13 Å². The fourth-order valence-corrected chi connectivity index (χ4v) is 4.35. The van der Waals surface area contributed by atoms with Gasteiger partial charge >= 0.3 is 11.9 Å². The summed E-state index contributed by atoms with van der Waals surface area (Å²) in [6.45, 7) is 11.0. The number of nitrogens with one attached hydrogen (secondary N) is 1. The van der Waals surface area contributed by atoms with Gasteiger partial charge in [-0.25, -0.2) is 4.98 Å². The quantitative estimate of drug-likeness (QED) is 0.412. The summed E-state index contributed by atoms with van der Waals surface area (Å²) in [5.41, 5.74) is -1.58. The summed E-state index contributed by atoms with van der Waals surface area (Å²) in [4.78, 5) is 29.8. The molecule has 3 atom stereocenters. The highest BCUT2D eigenvalue weighted by atomic mass is 32.1. The van der Waals surface area contributed by atoms with Gasteiger partial charge < -0.3 is 19.5 Å². The molecule has 0 radical (unpaired) electrons. The van der Waals surface area contributed by atoms with Crippen molar-refractivity contribution in [2.24, 2.45) is 11.3 Å². The van der Waals surface area contributed by atoms with E-state index in [1.807, 2.05) is 19.2 Å². The number of carbonyl (C=O) groups is 2. The zero-order chi connectivity index (χ0) is 19.7. The number of ether oxygens (including phenoxy) is 3. The average molecular weight is 394 g/mol. The van der Waals surface area contributed by atoms with Crippen molar-refractivity contribution >= 4 is 28.4 Å². The number of anilines is 1. The van der Waals surface area contributed by atoms with Gasteiger partial charge in [0.2, 0.25) is 0 Å². The smallest absolute Gasteiger partial charge is 0.324 e. The summed E-state index contributed by atoms with van der Waals surface area (Å²) < 4.78 is 16.7. The van der Waals surface area contributed by atoms with Gasteiger partial charge in [-0.15, -0.1) is 17.9 Å². The molecular weight excluding hydrogens is 368 g/mol. The molecule has 0 aliphatic carbocycles. The zero-order valence-electron chi connectivity index (χ0n) is 15.9. The van der Waals surface area contributed by atoms with Crippen molar-refractivity contribution in [3.05, 3.63) is 23.7 Å². The summed E-state index contributed by atoms with van der Waals surface area (Å²) in [5.74, 6) is -0.658. The molecule has 1 aromatic heterocycles. The predicted molar refractivity (Wildman–Crippen MR) is 101 cm³/mol. The van der Waals surface area contributed by atoms with Crippen molar-refractivity contribution in [2.75, 3.05) is 25.1 Å². The molecular formula is C19H26N2O5S. The summed E-state index contributed by atoms with van der Waals surface area (Å²) in [5, 5.41) is 5.68. The Hall–Kier alpha value is -1.93. The van der Waals surface area contributed by atoms with Crippen LogP contribution >= 0.6 is 11.3 Å². The highest BCUT2D eigenvalue weighted by Gasteiger charge is 2.65. The first kappa shape index (κ1) is 19.8. The maximum Gasteiger partial charge on any atom is 0.324 e. The van der Waals surface area contributed by atoms with E-state index < -0.39 is 29.1 Å². The molecule has 3 heterocycles. The minimum Gasteiger partial charge on any atom is -0.459 e. The molecule has 27 heavy (non-hydrogen) atoms. The first-order valence-electron chi connectivity index (χ1n) is 9.12. The molecule has 0 unspecified atom stereocenters. The zero-order valence-corrected chi connectivity index (χ0v) is 16.8. The molecule has 2 saturated heterocycles. The molecule has 1 N–H and O–H groups in total. The van der Waals surface area contributed by atoms with Gasteiger partial charge in [0.25, 0.3) is 0 Å². The third-order valence-electron chi connectivity index (χ3n) is 4.79. The molecule has 0 amide bonds. The van der Waals surface area contributed by atoms with Crippen molar-refractivity contribution in [1.29, 1.82) is 0 Å². The van der Waals surface area contributed by atoms with Crippen LogP contribution in [0.25, 0.3) is 0 Å². The van der Waals surface area contributed by atoms with Crippen LogP contribution in [0.3, 0.4) is 0 Å². The van der Waals surface area contributed by atoms with Gasteiger partial charge in [-0.05, 0) is 12.8 Å². The van der Waals surface area contributed by atoms with Gasteiger partial charge in [0, 0.05) is 31.4 Å². The number of hydrogen-bond acceptors (Lipinski definition) is 8. The lowest BCUT2D eigenvalue weighted by Gasteiger charge is -2.20. The molecule has 2 aliphatic heterocycles. The van der Waals surface area contributed by atoms with E-state index >= 15 is 0 Å². The van der Waals surface area contributed by atoms with Crippen molar-refractivity contribution in [2.45, 2.75) is 45.3 Å². The maximum absolute atomic E-state index is 12.7. The van der Waals surface area contributed by atoms with E-state index in [4.69, 9.17) is 14.2 Å². The standard InChI is InChI=1S/C19H26N2O5S/c1-5-6-20-17-21-14(10-27-17)18(4)11-19(16(23)26-18)7-13(25-15(19)22)9-24-8-12(2)3/h5,10,12-13H,1,6-9,11H2,2-4H3,(H,20,21)/t13-,18-,19-/m0/s1. The van der Waals surface area contributed by atoms with Crippen LogP contribution in [0.5, 0.6) is 0 Å². The fourth-order valence-electron chi connectivity index (χ4n) is 3.50. The van der Waals surface area contributed by atoms with Gasteiger partial charge in [0.05, 0.1) is 12.3 Å². The van der Waals surface area contributed by atoms with Crippen LogP contribution in [0.15, 0.2) is 18.0 Å². The third kappa shape index (κ3) is 3.87. The SMILES string of the molecule is C=CCNc1nc([C@]2(C)C[C@]3(C[C@@H](COCC(C)C)OC3=O)C(=O)O2)cs1. The molecule has 7 nitrogen and oxygen atoms in total. The van der Waals surface area contributed by atoms with Crippen molar-refractivity contribution in [1.82, 2.24) is 4.98 Å². The van der Waals surface area contributed by atoms with Crippen LogP contribution in [0, 0.1) is 11.3 Å². The van der Waals surface area contributed by atoms with E-state index in [0.29, 0.717) is 31.4 Å². The largest absolute Gasteiger partial charge is 0.459 e. The molecule has 2 aliphatic rings. The maximum atomic E-state index is 12.7. The summed E-state index contributed by atoms with van der Waals surface area (Å²) in [6.07, 6.45) is 1.82.